The number of hydrogen-bond acceptors (Lipinski definition) is 2. The zero-order valence-corrected chi connectivity index (χ0v) is 18.7. The summed E-state index contributed by atoms with van der Waals surface area (Å²) in [6.45, 7) is 0. The third-order valence-corrected chi connectivity index (χ3v) is 6.40. The van der Waals surface area contributed by atoms with Crippen molar-refractivity contribution in [2.45, 2.75) is 25.0 Å². The molecule has 0 atom stereocenters. The second-order valence-corrected chi connectivity index (χ2v) is 8.60. The smallest absolute Gasteiger partial charge is 0.221 e. The highest BCUT2D eigenvalue weighted by Crippen LogP contribution is 2.35. The lowest BCUT2D eigenvalue weighted by Crippen LogP contribution is -2.32. The highest BCUT2D eigenvalue weighted by atomic mass is 16.7. The van der Waals surface area contributed by atoms with Crippen LogP contribution in [0.25, 0.3) is 0 Å². The van der Waals surface area contributed by atoms with Crippen LogP contribution in [0, 0.1) is 0 Å². The molecule has 0 N–H and O–H groups in total. The molecule has 2 heteroatoms. The molecule has 1 aliphatic carbocycles. The molecule has 160 valence electrons. The predicted octanol–water partition coefficient (Wildman–Crippen LogP) is 6.27. The zero-order valence-electron chi connectivity index (χ0n) is 18.7. The molecule has 4 aromatic rings. The minimum Gasteiger partial charge on any atom is -0.346 e. The maximum atomic E-state index is 6.08. The fourth-order valence-electron chi connectivity index (χ4n) is 4.90. The number of ether oxygens (including phenoxy) is 2. The van der Waals surface area contributed by atoms with E-state index in [1.807, 2.05) is 0 Å². The molecule has 0 saturated carbocycles. The first-order valence-electron chi connectivity index (χ1n) is 11.1. The Morgan fingerprint density at radius 2 is 0.781 bits per heavy atom. The number of methoxy groups -OCH3 is 2. The molecule has 0 fully saturated rings. The number of rotatable bonds is 2. The number of fused-ring (bicyclic) bond motifs is 8. The van der Waals surface area contributed by atoms with Crippen molar-refractivity contribution in [3.63, 3.8) is 0 Å². The van der Waals surface area contributed by atoms with Gasteiger partial charge in [0.2, 0.25) is 5.79 Å². The molecule has 32 heavy (non-hydrogen) atoms. The van der Waals surface area contributed by atoms with Crippen LogP contribution in [-0.4, -0.2) is 14.2 Å². The van der Waals surface area contributed by atoms with E-state index in [0.29, 0.717) is 0 Å². The van der Waals surface area contributed by atoms with Crippen molar-refractivity contribution < 1.29 is 9.47 Å². The van der Waals surface area contributed by atoms with E-state index in [1.54, 1.807) is 14.2 Å². The highest BCUT2D eigenvalue weighted by molar-refractivity contribution is 5.42. The largest absolute Gasteiger partial charge is 0.346 e. The number of benzene rings is 4. The van der Waals surface area contributed by atoms with E-state index in [4.69, 9.17) is 9.47 Å². The third kappa shape index (κ3) is 4.00. The number of hydrogen-bond donors (Lipinski definition) is 0. The highest BCUT2D eigenvalue weighted by Gasteiger charge is 2.35. The average molecular weight is 421 g/mol. The summed E-state index contributed by atoms with van der Waals surface area (Å²) in [4.78, 5) is 0. The first-order valence-corrected chi connectivity index (χ1v) is 11.1. The van der Waals surface area contributed by atoms with Gasteiger partial charge < -0.3 is 9.47 Å². The summed E-state index contributed by atoms with van der Waals surface area (Å²) in [7, 11) is 3.43. The van der Waals surface area contributed by atoms with Crippen molar-refractivity contribution in [3.05, 3.63) is 142 Å². The van der Waals surface area contributed by atoms with Gasteiger partial charge in [0.25, 0.3) is 0 Å². The van der Waals surface area contributed by atoms with E-state index in [1.165, 1.54) is 33.4 Å². The summed E-state index contributed by atoms with van der Waals surface area (Å²) in [6.07, 6.45) is 2.68. The Balaban J connectivity index is 1.70. The van der Waals surface area contributed by atoms with Gasteiger partial charge in [0.1, 0.15) is 0 Å². The van der Waals surface area contributed by atoms with Crippen molar-refractivity contribution in [2.24, 2.45) is 0 Å². The molecule has 0 amide bonds. The summed E-state index contributed by atoms with van der Waals surface area (Å²) < 4.78 is 12.2. The molecule has 4 aromatic carbocycles. The standard InChI is InChI=1S/C30H28O2/c1-31-30(32-2)28-13-5-11-26(20-28)18-24-9-3-7-22(16-24)15-23-8-4-10-25(17-23)19-27-12-6-14-29(30)21-27/h3-14,16-17,20-21H,15,18-19H2,1-2H3. The third-order valence-electron chi connectivity index (χ3n) is 6.40. The van der Waals surface area contributed by atoms with Crippen molar-refractivity contribution in [1.82, 2.24) is 0 Å². The first-order chi connectivity index (χ1) is 15.7. The fraction of sp³-hybridized carbons (Fsp3) is 0.200. The maximum absolute atomic E-state index is 6.08. The van der Waals surface area contributed by atoms with Gasteiger partial charge in [-0.1, -0.05) is 84.9 Å². The summed E-state index contributed by atoms with van der Waals surface area (Å²) in [5.41, 5.74) is 9.79. The Labute approximate surface area is 190 Å². The summed E-state index contributed by atoms with van der Waals surface area (Å²) >= 11 is 0. The summed E-state index contributed by atoms with van der Waals surface area (Å²) in [5.74, 6) is -0.952. The normalized spacial score (nSPS) is 14.7. The summed E-state index contributed by atoms with van der Waals surface area (Å²) in [5, 5.41) is 0. The van der Waals surface area contributed by atoms with E-state index in [9.17, 15) is 0 Å². The zero-order chi connectivity index (χ0) is 22.0. The first kappa shape index (κ1) is 20.7. The minimum atomic E-state index is -0.952. The van der Waals surface area contributed by atoms with E-state index in [-0.39, 0.29) is 0 Å². The Morgan fingerprint density at radius 1 is 0.469 bits per heavy atom. The van der Waals surface area contributed by atoms with Gasteiger partial charge >= 0.3 is 0 Å². The van der Waals surface area contributed by atoms with Gasteiger partial charge in [0, 0.05) is 25.3 Å². The fourth-order valence-corrected chi connectivity index (χ4v) is 4.90. The Hall–Kier alpha value is -3.20. The topological polar surface area (TPSA) is 18.5 Å². The van der Waals surface area contributed by atoms with Gasteiger partial charge in [-0.15, -0.1) is 0 Å². The van der Waals surface area contributed by atoms with Crippen LogP contribution < -0.4 is 0 Å². The summed E-state index contributed by atoms with van der Waals surface area (Å²) in [6, 6.07) is 35.0. The molecule has 2 nitrogen and oxygen atoms in total. The molecular formula is C30H28O2. The van der Waals surface area contributed by atoms with Crippen molar-refractivity contribution in [2.75, 3.05) is 14.2 Å². The van der Waals surface area contributed by atoms with Crippen LogP contribution in [0.3, 0.4) is 0 Å². The van der Waals surface area contributed by atoms with Crippen LogP contribution in [0.5, 0.6) is 0 Å². The minimum absolute atomic E-state index is 0.866. The van der Waals surface area contributed by atoms with E-state index >= 15 is 0 Å². The van der Waals surface area contributed by atoms with Crippen molar-refractivity contribution in [1.29, 1.82) is 0 Å². The Bertz CT molecular complexity index is 1140. The predicted molar refractivity (Wildman–Crippen MR) is 129 cm³/mol. The van der Waals surface area contributed by atoms with Gasteiger partial charge in [-0.25, -0.2) is 0 Å². The molecule has 0 aromatic heterocycles. The molecule has 0 heterocycles. The van der Waals surface area contributed by atoms with Gasteiger partial charge in [0.15, 0.2) is 0 Å². The maximum Gasteiger partial charge on any atom is 0.221 e. The molecule has 1 aliphatic rings. The van der Waals surface area contributed by atoms with E-state index in [0.717, 1.165) is 30.4 Å². The van der Waals surface area contributed by atoms with Gasteiger partial charge in [-0.05, 0) is 64.8 Å². The van der Waals surface area contributed by atoms with Crippen LogP contribution in [0.1, 0.15) is 44.5 Å². The molecule has 0 unspecified atom stereocenters. The SMILES string of the molecule is COC1(OC)c2cccc(c2)Cc2cccc(c2)Cc2cccc(c2)Cc2cccc1c2. The molecule has 0 saturated heterocycles. The lowest BCUT2D eigenvalue weighted by atomic mass is 9.91. The lowest BCUT2D eigenvalue weighted by molar-refractivity contribution is -0.183. The molecule has 5 rings (SSSR count). The molecule has 0 radical (unpaired) electrons. The quantitative estimate of drug-likeness (QED) is 0.356. The monoisotopic (exact) mass is 420 g/mol. The second-order valence-electron chi connectivity index (χ2n) is 8.60. The Morgan fingerprint density at radius 3 is 1.12 bits per heavy atom. The van der Waals surface area contributed by atoms with Crippen LogP contribution in [0.2, 0.25) is 0 Å². The lowest BCUT2D eigenvalue weighted by Gasteiger charge is -2.32. The molecule has 8 bridgehead atoms. The van der Waals surface area contributed by atoms with Gasteiger partial charge in [-0.2, -0.15) is 0 Å². The van der Waals surface area contributed by atoms with Gasteiger partial charge in [-0.3, -0.25) is 0 Å². The van der Waals surface area contributed by atoms with Crippen molar-refractivity contribution >= 4 is 0 Å². The van der Waals surface area contributed by atoms with Crippen LogP contribution in [0.15, 0.2) is 97.1 Å². The van der Waals surface area contributed by atoms with Crippen LogP contribution in [-0.2, 0) is 34.5 Å². The Kier molecular flexibility index (Phi) is 5.65. The van der Waals surface area contributed by atoms with Crippen LogP contribution in [0.4, 0.5) is 0 Å². The van der Waals surface area contributed by atoms with E-state index in [2.05, 4.69) is 97.1 Å². The van der Waals surface area contributed by atoms with Gasteiger partial charge in [0.05, 0.1) is 0 Å². The second kappa shape index (κ2) is 8.74. The molecule has 0 aliphatic heterocycles. The molecule has 0 spiro atoms. The van der Waals surface area contributed by atoms with Crippen molar-refractivity contribution in [3.8, 4) is 0 Å². The molecular weight excluding hydrogens is 392 g/mol. The van der Waals surface area contributed by atoms with Crippen LogP contribution >= 0.6 is 0 Å². The van der Waals surface area contributed by atoms with E-state index < -0.39 is 5.79 Å². The average Bonchev–Trinajstić information content (AvgIpc) is 2.81.